The number of thiophene rings is 1. The Kier molecular flexibility index (Phi) is 4.96. The molecule has 0 bridgehead atoms. The van der Waals surface area contributed by atoms with Crippen LogP contribution in [0.5, 0.6) is 0 Å². The molecule has 2 aromatic heterocycles. The highest BCUT2D eigenvalue weighted by Gasteiger charge is 2.23. The summed E-state index contributed by atoms with van der Waals surface area (Å²) in [6.07, 6.45) is 1.48. The third kappa shape index (κ3) is 3.86. The number of fused-ring (bicyclic) bond motifs is 3. The number of aromatic nitrogens is 2. The fourth-order valence-corrected chi connectivity index (χ4v) is 5.36. The number of rotatable bonds is 4. The van der Waals surface area contributed by atoms with Crippen LogP contribution in [0.3, 0.4) is 0 Å². The molecule has 4 nitrogen and oxygen atoms in total. The minimum Gasteiger partial charge on any atom is -0.310 e. The number of benzene rings is 2. The first-order chi connectivity index (χ1) is 14.2. The van der Waals surface area contributed by atoms with Gasteiger partial charge in [0.05, 0.1) is 5.39 Å². The summed E-state index contributed by atoms with van der Waals surface area (Å²) in [5, 5.41) is 1.49. The van der Waals surface area contributed by atoms with Crippen molar-refractivity contribution in [1.29, 1.82) is 0 Å². The van der Waals surface area contributed by atoms with Crippen LogP contribution < -0.4 is 5.56 Å². The van der Waals surface area contributed by atoms with Crippen LogP contribution in [0, 0.1) is 0 Å². The summed E-state index contributed by atoms with van der Waals surface area (Å²) in [4.78, 5) is 25.2. The van der Waals surface area contributed by atoms with E-state index in [0.29, 0.717) is 17.3 Å². The van der Waals surface area contributed by atoms with Gasteiger partial charge in [-0.05, 0) is 35.2 Å². The van der Waals surface area contributed by atoms with Gasteiger partial charge in [0, 0.05) is 36.0 Å². The van der Waals surface area contributed by atoms with Crippen molar-refractivity contribution in [3.63, 3.8) is 0 Å². The summed E-state index contributed by atoms with van der Waals surface area (Å²) in [7, 11) is 0. The van der Waals surface area contributed by atoms with E-state index in [1.165, 1.54) is 16.0 Å². The van der Waals surface area contributed by atoms with Gasteiger partial charge in [0.25, 0.3) is 5.56 Å². The molecule has 0 aliphatic carbocycles. The van der Waals surface area contributed by atoms with Crippen molar-refractivity contribution in [3.05, 3.63) is 97.4 Å². The average molecular weight is 422 g/mol. The quantitative estimate of drug-likeness (QED) is 0.515. The van der Waals surface area contributed by atoms with Crippen molar-refractivity contribution < 1.29 is 0 Å². The van der Waals surface area contributed by atoms with Crippen molar-refractivity contribution >= 4 is 33.2 Å². The van der Waals surface area contributed by atoms with Gasteiger partial charge in [-0.25, -0.2) is 4.98 Å². The van der Waals surface area contributed by atoms with E-state index in [9.17, 15) is 4.79 Å². The molecule has 29 heavy (non-hydrogen) atoms. The number of nitrogens with zero attached hydrogens (tertiary/aromatic N) is 2. The number of halogens is 1. The molecule has 1 aliphatic heterocycles. The second-order valence-electron chi connectivity index (χ2n) is 7.45. The molecule has 5 rings (SSSR count). The van der Waals surface area contributed by atoms with Gasteiger partial charge >= 0.3 is 0 Å². The molecule has 6 heteroatoms. The molecule has 0 fully saturated rings. The molecule has 2 aromatic carbocycles. The van der Waals surface area contributed by atoms with Crippen LogP contribution in [0.25, 0.3) is 10.2 Å². The van der Waals surface area contributed by atoms with E-state index in [1.54, 1.807) is 11.3 Å². The van der Waals surface area contributed by atoms with Crippen LogP contribution in [0.1, 0.15) is 27.4 Å². The average Bonchev–Trinajstić information content (AvgIpc) is 3.08. The van der Waals surface area contributed by atoms with Crippen molar-refractivity contribution in [2.45, 2.75) is 25.9 Å². The highest BCUT2D eigenvalue weighted by atomic mass is 35.5. The third-order valence-electron chi connectivity index (χ3n) is 5.37. The predicted molar refractivity (Wildman–Crippen MR) is 119 cm³/mol. The largest absolute Gasteiger partial charge is 0.310 e. The summed E-state index contributed by atoms with van der Waals surface area (Å²) in [5.74, 6) is 0.699. The van der Waals surface area contributed by atoms with Crippen molar-refractivity contribution in [1.82, 2.24) is 14.9 Å². The Morgan fingerprint density at radius 2 is 1.86 bits per heavy atom. The lowest BCUT2D eigenvalue weighted by atomic mass is 10.0. The molecule has 0 unspecified atom stereocenters. The molecule has 0 atom stereocenters. The number of aromatic amines is 1. The Morgan fingerprint density at radius 3 is 2.66 bits per heavy atom. The fraction of sp³-hybridized carbons (Fsp3) is 0.217. The Balaban J connectivity index is 1.42. The summed E-state index contributed by atoms with van der Waals surface area (Å²) in [5.41, 5.74) is 3.56. The first-order valence-corrected chi connectivity index (χ1v) is 10.9. The highest BCUT2D eigenvalue weighted by molar-refractivity contribution is 7.18. The topological polar surface area (TPSA) is 49.0 Å². The normalized spacial score (nSPS) is 14.2. The van der Waals surface area contributed by atoms with E-state index in [0.717, 1.165) is 41.8 Å². The Morgan fingerprint density at radius 1 is 1.07 bits per heavy atom. The lowest BCUT2D eigenvalue weighted by Crippen LogP contribution is -2.29. The predicted octanol–water partition coefficient (Wildman–Crippen LogP) is 4.79. The van der Waals surface area contributed by atoms with Crippen LogP contribution in [0.4, 0.5) is 0 Å². The van der Waals surface area contributed by atoms with E-state index < -0.39 is 0 Å². The van der Waals surface area contributed by atoms with Gasteiger partial charge in [0.15, 0.2) is 0 Å². The molecule has 3 heterocycles. The Hall–Kier alpha value is -2.47. The standard InChI is InChI=1S/C23H20ClN3OS/c24-17-8-6-15(7-9-17)12-20-25-22(28)21-18-10-11-27(13-16-4-2-1-3-5-16)14-19(18)29-23(21)26-20/h1-9H,10-14H2,(H,25,26,28). The van der Waals surface area contributed by atoms with E-state index in [1.807, 2.05) is 30.3 Å². The van der Waals surface area contributed by atoms with Gasteiger partial charge < -0.3 is 4.98 Å². The maximum absolute atomic E-state index is 12.8. The summed E-state index contributed by atoms with van der Waals surface area (Å²) >= 11 is 7.62. The first kappa shape index (κ1) is 18.6. The van der Waals surface area contributed by atoms with Crippen LogP contribution in [0.2, 0.25) is 5.02 Å². The van der Waals surface area contributed by atoms with Gasteiger partial charge in [0.2, 0.25) is 0 Å². The van der Waals surface area contributed by atoms with E-state index in [2.05, 4.69) is 34.1 Å². The molecule has 4 aromatic rings. The van der Waals surface area contributed by atoms with Crippen LogP contribution in [-0.2, 0) is 25.9 Å². The molecule has 146 valence electrons. The molecular formula is C23H20ClN3OS. The van der Waals surface area contributed by atoms with Crippen LogP contribution >= 0.6 is 22.9 Å². The zero-order valence-corrected chi connectivity index (χ0v) is 17.4. The molecular weight excluding hydrogens is 402 g/mol. The molecule has 0 spiro atoms. The lowest BCUT2D eigenvalue weighted by Gasteiger charge is -2.26. The van der Waals surface area contributed by atoms with Gasteiger partial charge in [0.1, 0.15) is 10.7 Å². The van der Waals surface area contributed by atoms with E-state index >= 15 is 0 Å². The lowest BCUT2D eigenvalue weighted by molar-refractivity contribution is 0.249. The van der Waals surface area contributed by atoms with E-state index in [-0.39, 0.29) is 5.56 Å². The Labute approximate surface area is 177 Å². The second kappa shape index (κ2) is 7.75. The zero-order valence-electron chi connectivity index (χ0n) is 15.8. The fourth-order valence-electron chi connectivity index (χ4n) is 3.95. The SMILES string of the molecule is O=c1[nH]c(Cc2ccc(Cl)cc2)nc2sc3c(c12)CCN(Cc1ccccc1)C3. The summed E-state index contributed by atoms with van der Waals surface area (Å²) in [6, 6.07) is 18.2. The third-order valence-corrected chi connectivity index (χ3v) is 6.74. The first-order valence-electron chi connectivity index (χ1n) is 9.70. The number of nitrogens with one attached hydrogen (secondary N) is 1. The van der Waals surface area contributed by atoms with Crippen LogP contribution in [0.15, 0.2) is 59.4 Å². The van der Waals surface area contributed by atoms with E-state index in [4.69, 9.17) is 16.6 Å². The second-order valence-corrected chi connectivity index (χ2v) is 8.97. The number of H-pyrrole nitrogens is 1. The van der Waals surface area contributed by atoms with Gasteiger partial charge in [-0.15, -0.1) is 11.3 Å². The smallest absolute Gasteiger partial charge is 0.259 e. The van der Waals surface area contributed by atoms with Crippen molar-refractivity contribution in [2.75, 3.05) is 6.54 Å². The number of hydrogen-bond acceptors (Lipinski definition) is 4. The molecule has 0 saturated heterocycles. The maximum Gasteiger partial charge on any atom is 0.259 e. The zero-order chi connectivity index (χ0) is 19.8. The highest BCUT2D eigenvalue weighted by Crippen LogP contribution is 2.33. The minimum atomic E-state index is -0.0204. The van der Waals surface area contributed by atoms with Gasteiger partial charge in [-0.2, -0.15) is 0 Å². The Bertz CT molecular complexity index is 1210. The van der Waals surface area contributed by atoms with Gasteiger partial charge in [-0.3, -0.25) is 9.69 Å². The van der Waals surface area contributed by atoms with Gasteiger partial charge in [-0.1, -0.05) is 54.1 Å². The molecule has 1 N–H and O–H groups in total. The number of hydrogen-bond donors (Lipinski definition) is 1. The van der Waals surface area contributed by atoms with Crippen molar-refractivity contribution in [2.24, 2.45) is 0 Å². The molecule has 0 amide bonds. The minimum absolute atomic E-state index is 0.0204. The summed E-state index contributed by atoms with van der Waals surface area (Å²) < 4.78 is 0. The monoisotopic (exact) mass is 421 g/mol. The molecule has 0 radical (unpaired) electrons. The summed E-state index contributed by atoms with van der Waals surface area (Å²) in [6.45, 7) is 2.76. The van der Waals surface area contributed by atoms with Crippen molar-refractivity contribution in [3.8, 4) is 0 Å². The van der Waals surface area contributed by atoms with Crippen LogP contribution in [-0.4, -0.2) is 21.4 Å². The molecule has 0 saturated carbocycles. The molecule has 1 aliphatic rings. The maximum atomic E-state index is 12.8.